The zero-order chi connectivity index (χ0) is 55.1. The Hall–Kier alpha value is -6.59. The SMILES string of the molecule is COc1ccc(CO[C@H]2[C@H](OCc3ccccc3)[C@H](OC(=O)c3ccccc3)[C@@H](O[C@@H]3[C@@H](OCc4ccccc4)[C@H](OCc4ccccc4)[C@@H](OCc4ccccc4)[C@H]4OC5(CCCCC5)O[C@@H]34)O[C@@H]2COCc2ccccc2)cc1. The lowest BCUT2D eigenvalue weighted by molar-refractivity contribution is -0.350. The van der Waals surface area contributed by atoms with Gasteiger partial charge in [0.15, 0.2) is 18.2 Å². The summed E-state index contributed by atoms with van der Waals surface area (Å²) in [6, 6.07) is 66.6. The first-order valence-electron chi connectivity index (χ1n) is 28.4. The van der Waals surface area contributed by atoms with Crippen molar-refractivity contribution in [2.75, 3.05) is 13.7 Å². The van der Waals surface area contributed by atoms with Crippen LogP contribution in [0.2, 0.25) is 0 Å². The Morgan fingerprint density at radius 3 is 1.31 bits per heavy atom. The molecule has 1 spiro atoms. The van der Waals surface area contributed by atoms with E-state index in [0.717, 1.165) is 52.6 Å². The number of benzene rings is 7. The number of ether oxygens (including phenoxy) is 12. The van der Waals surface area contributed by atoms with Crippen molar-refractivity contribution >= 4 is 5.97 Å². The van der Waals surface area contributed by atoms with Crippen LogP contribution in [0.3, 0.4) is 0 Å². The highest BCUT2D eigenvalue weighted by Gasteiger charge is 2.64. The van der Waals surface area contributed by atoms with Crippen LogP contribution in [0, 0.1) is 0 Å². The molecule has 11 rings (SSSR count). The molecule has 2 saturated heterocycles. The van der Waals surface area contributed by atoms with Crippen molar-refractivity contribution in [3.8, 4) is 5.75 Å². The Balaban J connectivity index is 1.02. The average molecular weight is 1100 g/mol. The maximum Gasteiger partial charge on any atom is 0.338 e. The lowest BCUT2D eigenvalue weighted by atomic mass is 9.83. The second-order valence-electron chi connectivity index (χ2n) is 21.2. The van der Waals surface area contributed by atoms with Crippen molar-refractivity contribution in [3.63, 3.8) is 0 Å². The number of carbonyl (C=O) groups excluding carboxylic acids is 1. The Morgan fingerprint density at radius 2 is 0.827 bits per heavy atom. The Labute approximate surface area is 475 Å². The van der Waals surface area contributed by atoms with Crippen molar-refractivity contribution < 1.29 is 61.6 Å². The molecular weight excluding hydrogens is 1020 g/mol. The van der Waals surface area contributed by atoms with Crippen LogP contribution in [-0.4, -0.2) is 92.8 Å². The Kier molecular flexibility index (Phi) is 19.4. The van der Waals surface area contributed by atoms with Crippen LogP contribution in [0.4, 0.5) is 0 Å². The third-order valence-corrected chi connectivity index (χ3v) is 15.5. The molecule has 11 atom stereocenters. The highest BCUT2D eigenvalue weighted by Crippen LogP contribution is 2.49. The van der Waals surface area contributed by atoms with Gasteiger partial charge >= 0.3 is 5.97 Å². The zero-order valence-corrected chi connectivity index (χ0v) is 45.8. The van der Waals surface area contributed by atoms with Gasteiger partial charge in [-0.05, 0) is 70.5 Å². The molecule has 81 heavy (non-hydrogen) atoms. The second kappa shape index (κ2) is 27.9. The van der Waals surface area contributed by atoms with E-state index in [1.807, 2.05) is 182 Å². The molecule has 0 amide bonds. The van der Waals surface area contributed by atoms with Gasteiger partial charge in [-0.2, -0.15) is 0 Å². The lowest BCUT2D eigenvalue weighted by Crippen LogP contribution is -2.68. The van der Waals surface area contributed by atoms with Gasteiger partial charge in [-0.1, -0.05) is 188 Å². The smallest absolute Gasteiger partial charge is 0.338 e. The first-order chi connectivity index (χ1) is 40.0. The molecule has 7 aromatic carbocycles. The van der Waals surface area contributed by atoms with Crippen LogP contribution >= 0.6 is 0 Å². The average Bonchev–Trinajstić information content (AvgIpc) is 4.08. The highest BCUT2D eigenvalue weighted by atomic mass is 16.8. The van der Waals surface area contributed by atoms with E-state index in [9.17, 15) is 4.79 Å². The van der Waals surface area contributed by atoms with E-state index in [-0.39, 0.29) is 39.6 Å². The van der Waals surface area contributed by atoms with Crippen molar-refractivity contribution in [2.45, 2.75) is 145 Å². The summed E-state index contributed by atoms with van der Waals surface area (Å²) in [6.07, 6.45) is -5.84. The standard InChI is InChI=1S/C68H72O13/c1-70-55-37-35-53(36-38-55)46-72-57-56(47-71-41-48-23-9-2-10-24-48)77-67(65(78-66(69)54-33-19-7-20-34-54)58(57)73-42-49-25-11-3-12-26-49)79-62-60(75-44-51-29-15-5-16-30-51)59(74-43-50-27-13-4-14-28-50)61(76-45-52-31-17-6-18-32-52)63-64(62)81-68(80-63)39-21-8-22-40-68/h2-7,9-20,23-38,56-65,67H,8,21-22,39-47H2,1H3/t56-,57-,58+,59+,60+,61-,62-,63-,64+,65+,67-/m1/s1. The molecule has 0 radical (unpaired) electrons. The summed E-state index contributed by atoms with van der Waals surface area (Å²) < 4.78 is 84.2. The molecule has 2 saturated carbocycles. The molecule has 2 aliphatic carbocycles. The molecule has 2 heterocycles. The van der Waals surface area contributed by atoms with Gasteiger partial charge in [0.2, 0.25) is 0 Å². The number of hydrogen-bond donors (Lipinski definition) is 0. The van der Waals surface area contributed by atoms with Crippen LogP contribution in [0.25, 0.3) is 0 Å². The van der Waals surface area contributed by atoms with Gasteiger partial charge in [-0.15, -0.1) is 0 Å². The maximum absolute atomic E-state index is 14.8. The topological polar surface area (TPSA) is 128 Å². The van der Waals surface area contributed by atoms with Gasteiger partial charge in [0.25, 0.3) is 0 Å². The number of carbonyl (C=O) groups is 1. The second-order valence-corrected chi connectivity index (χ2v) is 21.2. The zero-order valence-electron chi connectivity index (χ0n) is 45.8. The molecule has 13 heteroatoms. The minimum atomic E-state index is -1.33. The van der Waals surface area contributed by atoms with Gasteiger partial charge in [0, 0.05) is 12.8 Å². The minimum absolute atomic E-state index is 0.0537. The fraction of sp³-hybridized carbons (Fsp3) is 0.368. The summed E-state index contributed by atoms with van der Waals surface area (Å²) in [4.78, 5) is 14.8. The fourth-order valence-electron chi connectivity index (χ4n) is 11.4. The fourth-order valence-corrected chi connectivity index (χ4v) is 11.4. The van der Waals surface area contributed by atoms with E-state index < -0.39 is 79.1 Å². The summed E-state index contributed by atoms with van der Waals surface area (Å²) in [6.45, 7) is 1.35. The number of rotatable bonds is 24. The summed E-state index contributed by atoms with van der Waals surface area (Å²) >= 11 is 0. The molecule has 13 nitrogen and oxygen atoms in total. The molecule has 0 unspecified atom stereocenters. The van der Waals surface area contributed by atoms with E-state index in [2.05, 4.69) is 0 Å². The quantitative estimate of drug-likeness (QED) is 0.0533. The lowest BCUT2D eigenvalue weighted by Gasteiger charge is -2.50. The molecule has 0 aromatic heterocycles. The van der Waals surface area contributed by atoms with E-state index in [1.165, 1.54) is 0 Å². The molecule has 0 N–H and O–H groups in total. The normalized spacial score (nSPS) is 25.9. The van der Waals surface area contributed by atoms with Crippen molar-refractivity contribution in [3.05, 3.63) is 245 Å². The first-order valence-corrected chi connectivity index (χ1v) is 28.4. The summed E-state index contributed by atoms with van der Waals surface area (Å²) in [5, 5.41) is 0. The molecular formula is C68H72O13. The first kappa shape index (κ1) is 56.3. The third-order valence-electron chi connectivity index (χ3n) is 15.5. The minimum Gasteiger partial charge on any atom is -0.497 e. The van der Waals surface area contributed by atoms with Gasteiger partial charge in [-0.25, -0.2) is 4.79 Å². The Morgan fingerprint density at radius 1 is 0.432 bits per heavy atom. The molecule has 7 aromatic rings. The number of methoxy groups -OCH3 is 1. The number of fused-ring (bicyclic) bond motifs is 1. The molecule has 422 valence electrons. The van der Waals surface area contributed by atoms with E-state index >= 15 is 0 Å². The molecule has 0 bridgehead atoms. The van der Waals surface area contributed by atoms with E-state index in [4.69, 9.17) is 56.8 Å². The molecule has 4 fully saturated rings. The summed E-state index contributed by atoms with van der Waals surface area (Å²) in [7, 11) is 1.63. The summed E-state index contributed by atoms with van der Waals surface area (Å²) in [5.74, 6) is -0.811. The summed E-state index contributed by atoms with van der Waals surface area (Å²) in [5.41, 5.74) is 6.00. The number of hydrogen-bond acceptors (Lipinski definition) is 13. The van der Waals surface area contributed by atoms with Crippen molar-refractivity contribution in [2.24, 2.45) is 0 Å². The predicted molar refractivity (Wildman–Crippen MR) is 302 cm³/mol. The van der Waals surface area contributed by atoms with E-state index in [1.54, 1.807) is 31.4 Å². The van der Waals surface area contributed by atoms with Crippen molar-refractivity contribution in [1.29, 1.82) is 0 Å². The molecule has 2 aliphatic heterocycles. The van der Waals surface area contributed by atoms with Gasteiger partial charge < -0.3 is 56.8 Å². The Bertz CT molecular complexity index is 2950. The van der Waals surface area contributed by atoms with Crippen LogP contribution in [0.1, 0.15) is 75.8 Å². The largest absolute Gasteiger partial charge is 0.497 e. The predicted octanol–water partition coefficient (Wildman–Crippen LogP) is 11.9. The molecule has 4 aliphatic rings. The third kappa shape index (κ3) is 14.5. The number of esters is 1. The van der Waals surface area contributed by atoms with Crippen LogP contribution in [0.15, 0.2) is 206 Å². The maximum atomic E-state index is 14.8. The monoisotopic (exact) mass is 1100 g/mol. The van der Waals surface area contributed by atoms with Crippen LogP contribution < -0.4 is 4.74 Å². The van der Waals surface area contributed by atoms with Gasteiger partial charge in [0.05, 0.1) is 58.9 Å². The van der Waals surface area contributed by atoms with Gasteiger partial charge in [-0.3, -0.25) is 0 Å². The van der Waals surface area contributed by atoms with Crippen molar-refractivity contribution in [1.82, 2.24) is 0 Å². The highest BCUT2D eigenvalue weighted by molar-refractivity contribution is 5.89. The van der Waals surface area contributed by atoms with Crippen LogP contribution in [-0.2, 0) is 91.7 Å². The van der Waals surface area contributed by atoms with Gasteiger partial charge in [0.1, 0.15) is 60.7 Å². The van der Waals surface area contributed by atoms with Crippen LogP contribution in [0.5, 0.6) is 5.75 Å². The van der Waals surface area contributed by atoms with E-state index in [0.29, 0.717) is 30.8 Å².